The normalized spacial score (nSPS) is 9.85. The van der Waals surface area contributed by atoms with Crippen molar-refractivity contribution in [2.45, 2.75) is 0 Å². The molecule has 0 N–H and O–H groups in total. The summed E-state index contributed by atoms with van der Waals surface area (Å²) in [6.45, 7) is 0. The Hall–Kier alpha value is -2.04. The molecular formula is C8H6N4O. The van der Waals surface area contributed by atoms with Crippen LogP contribution in [0.25, 0.3) is 5.69 Å². The van der Waals surface area contributed by atoms with E-state index in [-0.39, 0.29) is 0 Å². The molecule has 0 spiro atoms. The summed E-state index contributed by atoms with van der Waals surface area (Å²) in [7, 11) is 0. The molecule has 13 heavy (non-hydrogen) atoms. The van der Waals surface area contributed by atoms with Crippen LogP contribution in [0.4, 0.5) is 0 Å². The van der Waals surface area contributed by atoms with Gasteiger partial charge >= 0.3 is 0 Å². The number of benzene rings is 1. The van der Waals surface area contributed by atoms with Crippen molar-refractivity contribution >= 4 is 6.29 Å². The molecule has 5 nitrogen and oxygen atoms in total. The molecule has 0 saturated heterocycles. The van der Waals surface area contributed by atoms with Crippen LogP contribution in [0.3, 0.4) is 0 Å². The van der Waals surface area contributed by atoms with Crippen molar-refractivity contribution in [1.82, 2.24) is 20.2 Å². The Morgan fingerprint density at radius 1 is 1.23 bits per heavy atom. The largest absolute Gasteiger partial charge is 0.298 e. The fourth-order valence-corrected chi connectivity index (χ4v) is 0.985. The molecule has 1 aromatic carbocycles. The van der Waals surface area contributed by atoms with Crippen LogP contribution in [-0.2, 0) is 0 Å². The lowest BCUT2D eigenvalue weighted by atomic mass is 10.2. The predicted molar refractivity (Wildman–Crippen MR) is 44.5 cm³/mol. The molecule has 0 bridgehead atoms. The molecule has 0 aliphatic heterocycles. The number of hydrogen-bond donors (Lipinski definition) is 0. The van der Waals surface area contributed by atoms with E-state index in [0.717, 1.165) is 12.0 Å². The summed E-state index contributed by atoms with van der Waals surface area (Å²) in [4.78, 5) is 10.4. The summed E-state index contributed by atoms with van der Waals surface area (Å²) in [5, 5.41) is 10.7. The zero-order chi connectivity index (χ0) is 9.10. The summed E-state index contributed by atoms with van der Waals surface area (Å²) < 4.78 is 1.52. The highest BCUT2D eigenvalue weighted by Crippen LogP contribution is 2.05. The van der Waals surface area contributed by atoms with E-state index in [1.165, 1.54) is 11.0 Å². The van der Waals surface area contributed by atoms with Crippen LogP contribution >= 0.6 is 0 Å². The van der Waals surface area contributed by atoms with Crippen molar-refractivity contribution in [3.05, 3.63) is 36.2 Å². The third-order valence-electron chi connectivity index (χ3n) is 1.64. The first kappa shape index (κ1) is 7.60. The molecule has 1 heterocycles. The molecule has 1 aromatic heterocycles. The highest BCUT2D eigenvalue weighted by atomic mass is 16.1. The Morgan fingerprint density at radius 2 is 2.00 bits per heavy atom. The second-order valence-corrected chi connectivity index (χ2v) is 2.46. The summed E-state index contributed by atoms with van der Waals surface area (Å²) in [5.41, 5.74) is 1.47. The lowest BCUT2D eigenvalue weighted by molar-refractivity contribution is 0.112. The van der Waals surface area contributed by atoms with Crippen molar-refractivity contribution in [2.75, 3.05) is 0 Å². The van der Waals surface area contributed by atoms with E-state index in [1.54, 1.807) is 24.3 Å². The minimum atomic E-state index is 0.636. The van der Waals surface area contributed by atoms with Crippen molar-refractivity contribution in [1.29, 1.82) is 0 Å². The molecule has 0 saturated carbocycles. The van der Waals surface area contributed by atoms with Gasteiger partial charge < -0.3 is 0 Å². The van der Waals surface area contributed by atoms with E-state index in [9.17, 15) is 4.79 Å². The second kappa shape index (κ2) is 3.14. The van der Waals surface area contributed by atoms with Crippen molar-refractivity contribution in [2.24, 2.45) is 0 Å². The van der Waals surface area contributed by atoms with Crippen molar-refractivity contribution in [3.8, 4) is 5.69 Å². The van der Waals surface area contributed by atoms with Gasteiger partial charge in [-0.2, -0.15) is 0 Å². The molecule has 64 valence electrons. The number of tetrazole rings is 1. The quantitative estimate of drug-likeness (QED) is 0.621. The first-order chi connectivity index (χ1) is 6.40. The van der Waals surface area contributed by atoms with Gasteiger partial charge in [-0.1, -0.05) is 0 Å². The topological polar surface area (TPSA) is 60.7 Å². The maximum absolute atomic E-state index is 10.4. The molecule has 2 rings (SSSR count). The summed E-state index contributed by atoms with van der Waals surface area (Å²) in [6, 6.07) is 6.98. The van der Waals surface area contributed by atoms with Gasteiger partial charge in [0, 0.05) is 5.56 Å². The van der Waals surface area contributed by atoms with Crippen LogP contribution < -0.4 is 0 Å². The summed E-state index contributed by atoms with van der Waals surface area (Å²) >= 11 is 0. The van der Waals surface area contributed by atoms with E-state index >= 15 is 0 Å². The average molecular weight is 174 g/mol. The monoisotopic (exact) mass is 174 g/mol. The lowest BCUT2D eigenvalue weighted by Crippen LogP contribution is -1.94. The molecular weight excluding hydrogens is 168 g/mol. The number of carbonyl (C=O) groups is 1. The van der Waals surface area contributed by atoms with E-state index in [2.05, 4.69) is 15.5 Å². The van der Waals surface area contributed by atoms with Crippen LogP contribution in [0.5, 0.6) is 0 Å². The van der Waals surface area contributed by atoms with Gasteiger partial charge in [0.05, 0.1) is 5.69 Å². The number of carbonyl (C=O) groups excluding carboxylic acids is 1. The molecule has 0 atom stereocenters. The maximum atomic E-state index is 10.4. The number of hydrogen-bond acceptors (Lipinski definition) is 4. The summed E-state index contributed by atoms with van der Waals surface area (Å²) in [6.07, 6.45) is 2.29. The number of rotatable bonds is 2. The van der Waals surface area contributed by atoms with Gasteiger partial charge in [-0.15, -0.1) is 5.10 Å². The fourth-order valence-electron chi connectivity index (χ4n) is 0.985. The van der Waals surface area contributed by atoms with Gasteiger partial charge in [0.1, 0.15) is 12.6 Å². The van der Waals surface area contributed by atoms with Gasteiger partial charge in [0.25, 0.3) is 0 Å². The first-order valence-electron chi connectivity index (χ1n) is 3.69. The van der Waals surface area contributed by atoms with Crippen LogP contribution in [0.1, 0.15) is 10.4 Å². The Balaban J connectivity index is 2.38. The standard InChI is InChI=1S/C8H6N4O/c13-5-7-1-3-8(4-2-7)12-6-9-10-11-12/h1-6H. The fraction of sp³-hybridized carbons (Fsp3) is 0. The van der Waals surface area contributed by atoms with E-state index in [4.69, 9.17) is 0 Å². The Labute approximate surface area is 74.0 Å². The minimum absolute atomic E-state index is 0.636. The number of aromatic nitrogens is 4. The second-order valence-electron chi connectivity index (χ2n) is 2.46. The van der Waals surface area contributed by atoms with Crippen LogP contribution in [0.2, 0.25) is 0 Å². The maximum Gasteiger partial charge on any atom is 0.150 e. The van der Waals surface area contributed by atoms with Crippen LogP contribution in [0.15, 0.2) is 30.6 Å². The van der Waals surface area contributed by atoms with Crippen LogP contribution in [-0.4, -0.2) is 26.5 Å². The molecule has 0 amide bonds. The molecule has 0 unspecified atom stereocenters. The van der Waals surface area contributed by atoms with E-state index in [0.29, 0.717) is 5.56 Å². The first-order valence-corrected chi connectivity index (χ1v) is 3.69. The predicted octanol–water partition coefficient (Wildman–Crippen LogP) is 0.475. The molecule has 0 fully saturated rings. The zero-order valence-corrected chi connectivity index (χ0v) is 6.66. The minimum Gasteiger partial charge on any atom is -0.298 e. The molecule has 5 heteroatoms. The SMILES string of the molecule is O=Cc1ccc(-n2cnnn2)cc1. The number of nitrogens with zero attached hydrogens (tertiary/aromatic N) is 4. The smallest absolute Gasteiger partial charge is 0.150 e. The van der Waals surface area contributed by atoms with Gasteiger partial charge in [-0.05, 0) is 34.7 Å². The van der Waals surface area contributed by atoms with E-state index in [1.807, 2.05) is 0 Å². The highest BCUT2D eigenvalue weighted by Gasteiger charge is 1.96. The summed E-state index contributed by atoms with van der Waals surface area (Å²) in [5.74, 6) is 0. The van der Waals surface area contributed by atoms with Crippen molar-refractivity contribution in [3.63, 3.8) is 0 Å². The highest BCUT2D eigenvalue weighted by molar-refractivity contribution is 5.75. The molecule has 0 aliphatic rings. The Kier molecular flexibility index (Phi) is 1.84. The average Bonchev–Trinajstić information content (AvgIpc) is 2.71. The molecule has 0 radical (unpaired) electrons. The molecule has 2 aromatic rings. The zero-order valence-electron chi connectivity index (χ0n) is 6.66. The van der Waals surface area contributed by atoms with E-state index < -0.39 is 0 Å². The lowest BCUT2D eigenvalue weighted by Gasteiger charge is -1.97. The van der Waals surface area contributed by atoms with Gasteiger partial charge in [0.2, 0.25) is 0 Å². The van der Waals surface area contributed by atoms with Crippen molar-refractivity contribution < 1.29 is 4.79 Å². The van der Waals surface area contributed by atoms with Gasteiger partial charge in [-0.25, -0.2) is 4.68 Å². The van der Waals surface area contributed by atoms with Gasteiger partial charge in [-0.3, -0.25) is 4.79 Å². The Bertz CT molecular complexity index is 393. The third-order valence-corrected chi connectivity index (χ3v) is 1.64. The number of aldehydes is 1. The van der Waals surface area contributed by atoms with Gasteiger partial charge in [0.15, 0.2) is 0 Å². The van der Waals surface area contributed by atoms with Crippen LogP contribution in [0, 0.1) is 0 Å². The third kappa shape index (κ3) is 1.44. The molecule has 0 aliphatic carbocycles. The Morgan fingerprint density at radius 3 is 2.54 bits per heavy atom.